The fourth-order valence-corrected chi connectivity index (χ4v) is 4.44. The highest BCUT2D eigenvalue weighted by Gasteiger charge is 2.23. The molecule has 0 aliphatic rings. The van der Waals surface area contributed by atoms with Gasteiger partial charge in [0.05, 0.1) is 0 Å². The van der Waals surface area contributed by atoms with Crippen LogP contribution in [0, 0.1) is 5.41 Å². The summed E-state index contributed by atoms with van der Waals surface area (Å²) in [6, 6.07) is 19.6. The highest BCUT2D eigenvalue weighted by molar-refractivity contribution is 6.67. The SMILES string of the molecule is N=C(NC(=O)OCC(Cl)(Cl)Cl)c1ccc2cc(C(=O)O)n(Cc3cc(Oc4ncccn4)cc4ccccc34)c2c1. The molecule has 1 amide bonds. The van der Waals surface area contributed by atoms with Gasteiger partial charge in [-0.05, 0) is 46.7 Å². The number of amides is 1. The van der Waals surface area contributed by atoms with Crippen LogP contribution in [0.5, 0.6) is 11.8 Å². The van der Waals surface area contributed by atoms with Crippen molar-refractivity contribution < 1.29 is 24.2 Å². The Kier molecular flexibility index (Phi) is 7.98. The molecule has 2 heterocycles. The van der Waals surface area contributed by atoms with Gasteiger partial charge in [0.1, 0.15) is 23.9 Å². The Morgan fingerprint density at radius 1 is 0.976 bits per heavy atom. The van der Waals surface area contributed by atoms with Gasteiger partial charge in [0.2, 0.25) is 3.79 Å². The number of carboxylic acid groups (broad SMARTS) is 1. The fraction of sp³-hybridized carbons (Fsp3) is 0.107. The van der Waals surface area contributed by atoms with Crippen LogP contribution in [0.2, 0.25) is 0 Å². The summed E-state index contributed by atoms with van der Waals surface area (Å²) in [5, 5.41) is 23.0. The van der Waals surface area contributed by atoms with E-state index in [4.69, 9.17) is 49.7 Å². The van der Waals surface area contributed by atoms with Gasteiger partial charge in [-0.25, -0.2) is 19.6 Å². The Labute approximate surface area is 247 Å². The van der Waals surface area contributed by atoms with Crippen molar-refractivity contribution in [2.24, 2.45) is 0 Å². The number of rotatable bonds is 7. The maximum atomic E-state index is 12.3. The Morgan fingerprint density at radius 2 is 1.73 bits per heavy atom. The molecule has 0 bridgehead atoms. The van der Waals surface area contributed by atoms with Gasteiger partial charge in [-0.1, -0.05) is 71.2 Å². The first-order valence-electron chi connectivity index (χ1n) is 12.0. The smallest absolute Gasteiger partial charge is 0.412 e. The van der Waals surface area contributed by atoms with E-state index in [1.807, 2.05) is 36.4 Å². The third-order valence-corrected chi connectivity index (χ3v) is 6.33. The van der Waals surface area contributed by atoms with Gasteiger partial charge in [0.25, 0.3) is 0 Å². The molecule has 5 aromatic rings. The van der Waals surface area contributed by atoms with Crippen molar-refractivity contribution in [2.45, 2.75) is 10.3 Å². The maximum Gasteiger partial charge on any atom is 0.412 e. The predicted octanol–water partition coefficient (Wildman–Crippen LogP) is 6.55. The summed E-state index contributed by atoms with van der Waals surface area (Å²) >= 11 is 16.8. The lowest BCUT2D eigenvalue weighted by molar-refractivity contribution is 0.0686. The Hall–Kier alpha value is -4.38. The van der Waals surface area contributed by atoms with Crippen LogP contribution in [0.4, 0.5) is 4.79 Å². The molecule has 41 heavy (non-hydrogen) atoms. The van der Waals surface area contributed by atoms with Gasteiger partial charge in [-0.15, -0.1) is 0 Å². The molecule has 2 aromatic heterocycles. The molecule has 5 rings (SSSR count). The minimum atomic E-state index is -1.80. The summed E-state index contributed by atoms with van der Waals surface area (Å²) in [6.07, 6.45) is 2.16. The number of aromatic carboxylic acids is 1. The van der Waals surface area contributed by atoms with Crippen molar-refractivity contribution in [1.82, 2.24) is 19.9 Å². The number of carboxylic acids is 1. The lowest BCUT2D eigenvalue weighted by Crippen LogP contribution is -2.33. The van der Waals surface area contributed by atoms with Crippen molar-refractivity contribution in [3.8, 4) is 11.8 Å². The quantitative estimate of drug-likeness (QED) is 0.108. The standard InChI is InChI=1S/C28H20Cl3N5O5/c29-28(30,31)15-40-27(39)35-24(32)18-7-6-17-12-23(25(37)38)36(22(17)13-18)14-19-11-20(41-26-33-8-3-9-34-26)10-16-4-1-2-5-21(16)19/h1-13H,14-15H2,(H,37,38)(H2,32,35,39). The summed E-state index contributed by atoms with van der Waals surface area (Å²) in [7, 11) is 0. The molecule has 0 atom stereocenters. The molecule has 0 spiro atoms. The first kappa shape index (κ1) is 28.2. The molecule has 0 saturated heterocycles. The second kappa shape index (κ2) is 11.6. The number of fused-ring (bicyclic) bond motifs is 2. The van der Waals surface area contributed by atoms with E-state index in [1.165, 1.54) is 0 Å². The lowest BCUT2D eigenvalue weighted by atomic mass is 10.0. The molecular formula is C28H20Cl3N5O5. The predicted molar refractivity (Wildman–Crippen MR) is 156 cm³/mol. The van der Waals surface area contributed by atoms with Crippen LogP contribution in [0.25, 0.3) is 21.7 Å². The van der Waals surface area contributed by atoms with Crippen LogP contribution in [0.1, 0.15) is 21.6 Å². The molecule has 208 valence electrons. The third-order valence-electron chi connectivity index (χ3n) is 6.01. The number of amidine groups is 1. The molecule has 3 N–H and O–H groups in total. The van der Waals surface area contributed by atoms with Gasteiger partial charge in [-0.3, -0.25) is 10.7 Å². The average molecular weight is 613 g/mol. The largest absolute Gasteiger partial charge is 0.477 e. The van der Waals surface area contributed by atoms with E-state index in [2.05, 4.69) is 15.3 Å². The van der Waals surface area contributed by atoms with Gasteiger partial charge in [-0.2, -0.15) is 0 Å². The first-order valence-corrected chi connectivity index (χ1v) is 13.1. The van der Waals surface area contributed by atoms with Gasteiger partial charge >= 0.3 is 18.1 Å². The van der Waals surface area contributed by atoms with Gasteiger partial charge in [0, 0.05) is 35.4 Å². The third kappa shape index (κ3) is 6.68. The zero-order valence-electron chi connectivity index (χ0n) is 21.0. The normalized spacial score (nSPS) is 11.4. The number of benzene rings is 3. The van der Waals surface area contributed by atoms with E-state index in [9.17, 15) is 14.7 Å². The molecule has 0 unspecified atom stereocenters. The van der Waals surface area contributed by atoms with Gasteiger partial charge < -0.3 is 19.1 Å². The Morgan fingerprint density at radius 3 is 2.46 bits per heavy atom. The molecule has 0 radical (unpaired) electrons. The van der Waals surface area contributed by atoms with Crippen molar-refractivity contribution in [1.29, 1.82) is 5.41 Å². The van der Waals surface area contributed by atoms with E-state index in [0.717, 1.165) is 16.3 Å². The Bertz CT molecular complexity index is 1790. The molecule has 0 saturated carbocycles. The van der Waals surface area contributed by atoms with Crippen molar-refractivity contribution in [3.05, 3.63) is 95.9 Å². The number of carbonyl (C=O) groups is 2. The van der Waals surface area contributed by atoms with Crippen LogP contribution in [0.15, 0.2) is 79.1 Å². The fourth-order valence-electron chi connectivity index (χ4n) is 4.28. The summed E-state index contributed by atoms with van der Waals surface area (Å²) in [5.41, 5.74) is 1.66. The summed E-state index contributed by atoms with van der Waals surface area (Å²) in [5.74, 6) is -0.923. The van der Waals surface area contributed by atoms with E-state index in [1.54, 1.807) is 47.3 Å². The van der Waals surface area contributed by atoms with Crippen LogP contribution in [-0.2, 0) is 11.3 Å². The number of nitrogens with one attached hydrogen (secondary N) is 2. The topological polar surface area (TPSA) is 139 Å². The van der Waals surface area contributed by atoms with Crippen molar-refractivity contribution in [3.63, 3.8) is 0 Å². The van der Waals surface area contributed by atoms with Crippen LogP contribution < -0.4 is 10.1 Å². The number of halogens is 3. The molecular weight excluding hydrogens is 593 g/mol. The van der Waals surface area contributed by atoms with Crippen LogP contribution >= 0.6 is 34.8 Å². The van der Waals surface area contributed by atoms with Crippen molar-refractivity contribution in [2.75, 3.05) is 6.61 Å². The number of hydrogen-bond donors (Lipinski definition) is 3. The summed E-state index contributed by atoms with van der Waals surface area (Å²) in [6.45, 7) is -0.345. The second-order valence-corrected chi connectivity index (χ2v) is 11.3. The molecule has 0 aliphatic heterocycles. The number of hydrogen-bond acceptors (Lipinski definition) is 7. The van der Waals surface area contributed by atoms with Crippen LogP contribution in [0.3, 0.4) is 0 Å². The van der Waals surface area contributed by atoms with E-state index < -0.39 is 22.5 Å². The minimum Gasteiger partial charge on any atom is -0.477 e. The molecule has 0 fully saturated rings. The van der Waals surface area contributed by atoms with Crippen molar-refractivity contribution >= 4 is 74.4 Å². The molecule has 0 aliphatic carbocycles. The highest BCUT2D eigenvalue weighted by Crippen LogP contribution is 2.31. The maximum absolute atomic E-state index is 12.3. The number of alkyl carbamates (subject to hydrolysis) is 1. The average Bonchev–Trinajstić information content (AvgIpc) is 3.30. The number of nitrogens with zero attached hydrogens (tertiary/aromatic N) is 3. The second-order valence-electron chi connectivity index (χ2n) is 8.82. The van der Waals surface area contributed by atoms with E-state index in [-0.39, 0.29) is 24.1 Å². The number of ether oxygens (including phenoxy) is 2. The number of alkyl halides is 3. The lowest BCUT2D eigenvalue weighted by Gasteiger charge is -2.15. The highest BCUT2D eigenvalue weighted by atomic mass is 35.6. The number of aromatic nitrogens is 3. The number of carbonyl (C=O) groups excluding carboxylic acids is 1. The van der Waals surface area contributed by atoms with Gasteiger partial charge in [0.15, 0.2) is 0 Å². The molecule has 10 nitrogen and oxygen atoms in total. The Balaban J connectivity index is 1.52. The van der Waals surface area contributed by atoms with E-state index in [0.29, 0.717) is 22.2 Å². The van der Waals surface area contributed by atoms with E-state index >= 15 is 0 Å². The van der Waals surface area contributed by atoms with Crippen LogP contribution in [-0.4, -0.2) is 47.9 Å². The summed E-state index contributed by atoms with van der Waals surface area (Å²) < 4.78 is 10.5. The minimum absolute atomic E-state index is 0.0421. The zero-order chi connectivity index (χ0) is 29.1. The molecule has 3 aromatic carbocycles. The summed E-state index contributed by atoms with van der Waals surface area (Å²) in [4.78, 5) is 32.6. The monoisotopic (exact) mass is 611 g/mol. The first-order chi connectivity index (χ1) is 19.6. The molecule has 13 heteroatoms. The zero-order valence-corrected chi connectivity index (χ0v) is 23.2.